The Hall–Kier alpha value is -3.95. The second kappa shape index (κ2) is 12.9. The standard InChI is InChI=1S/C30H32ClNO8/c1-6-39-27(33)16-26-30(34)32(17-18-10-12-20(35-2)15-25(18)37-4)23-13-11-19(31)14-22(23)28(40-26)21-8-7-9-24(36-3)29(21)38-5/h7-15,26,28H,6,16-17H2,1-5H3/t26-,28+/m0/s1. The second-order valence-corrected chi connectivity index (χ2v) is 9.34. The molecule has 4 rings (SSSR count). The van der Waals surface area contributed by atoms with Crippen molar-refractivity contribution >= 4 is 29.2 Å². The third-order valence-corrected chi connectivity index (χ3v) is 6.84. The van der Waals surface area contributed by atoms with Gasteiger partial charge in [-0.1, -0.05) is 23.7 Å². The monoisotopic (exact) mass is 569 g/mol. The summed E-state index contributed by atoms with van der Waals surface area (Å²) in [7, 11) is 6.18. The van der Waals surface area contributed by atoms with E-state index in [0.717, 1.165) is 5.56 Å². The summed E-state index contributed by atoms with van der Waals surface area (Å²) in [6.07, 6.45) is -2.28. The van der Waals surface area contributed by atoms with E-state index in [9.17, 15) is 9.59 Å². The predicted molar refractivity (Wildman–Crippen MR) is 150 cm³/mol. The third-order valence-electron chi connectivity index (χ3n) is 6.60. The quantitative estimate of drug-likeness (QED) is 0.302. The molecule has 0 fully saturated rings. The van der Waals surface area contributed by atoms with Crippen molar-refractivity contribution in [3.63, 3.8) is 0 Å². The molecule has 2 atom stereocenters. The molecule has 1 aliphatic heterocycles. The highest BCUT2D eigenvalue weighted by molar-refractivity contribution is 6.30. The fraction of sp³-hybridized carbons (Fsp3) is 0.333. The number of carbonyl (C=O) groups excluding carboxylic acids is 2. The fourth-order valence-corrected chi connectivity index (χ4v) is 4.93. The fourth-order valence-electron chi connectivity index (χ4n) is 4.75. The average Bonchev–Trinajstić information content (AvgIpc) is 3.07. The first-order valence-corrected chi connectivity index (χ1v) is 13.1. The molecule has 212 valence electrons. The van der Waals surface area contributed by atoms with Crippen molar-refractivity contribution in [2.45, 2.75) is 32.1 Å². The Bertz CT molecular complexity index is 1380. The molecule has 1 heterocycles. The van der Waals surface area contributed by atoms with Crippen LogP contribution in [0.25, 0.3) is 0 Å². The Morgan fingerprint density at radius 2 is 1.70 bits per heavy atom. The van der Waals surface area contributed by atoms with Gasteiger partial charge in [-0.15, -0.1) is 0 Å². The summed E-state index contributed by atoms with van der Waals surface area (Å²) in [5, 5.41) is 0.451. The summed E-state index contributed by atoms with van der Waals surface area (Å²) in [6, 6.07) is 16.0. The van der Waals surface area contributed by atoms with Crippen LogP contribution in [0.2, 0.25) is 5.02 Å². The number of methoxy groups -OCH3 is 4. The number of halogens is 1. The number of nitrogens with zero attached hydrogens (tertiary/aromatic N) is 1. The molecule has 0 unspecified atom stereocenters. The number of benzene rings is 3. The van der Waals surface area contributed by atoms with E-state index >= 15 is 0 Å². The molecule has 0 radical (unpaired) electrons. The lowest BCUT2D eigenvalue weighted by atomic mass is 9.97. The van der Waals surface area contributed by atoms with E-state index in [2.05, 4.69) is 0 Å². The van der Waals surface area contributed by atoms with Crippen LogP contribution in [-0.4, -0.2) is 53.0 Å². The SMILES string of the molecule is CCOC(=O)C[C@@H]1O[C@H](c2cccc(OC)c2OC)c2cc(Cl)ccc2N(Cc2ccc(OC)cc2OC)C1=O. The molecule has 10 heteroatoms. The van der Waals surface area contributed by atoms with Gasteiger partial charge < -0.3 is 33.3 Å². The minimum absolute atomic E-state index is 0.130. The molecule has 0 saturated carbocycles. The summed E-state index contributed by atoms with van der Waals surface area (Å²) in [5.41, 5.74) is 2.51. The van der Waals surface area contributed by atoms with Gasteiger partial charge in [0.2, 0.25) is 0 Å². The number of rotatable bonds is 10. The van der Waals surface area contributed by atoms with Gasteiger partial charge in [0, 0.05) is 27.8 Å². The van der Waals surface area contributed by atoms with E-state index in [4.69, 9.17) is 40.0 Å². The predicted octanol–water partition coefficient (Wildman–Crippen LogP) is 5.35. The van der Waals surface area contributed by atoms with E-state index in [1.165, 1.54) is 14.2 Å². The van der Waals surface area contributed by atoms with E-state index in [1.54, 1.807) is 68.5 Å². The Labute approximate surface area is 238 Å². The highest BCUT2D eigenvalue weighted by Gasteiger charge is 2.39. The average molecular weight is 570 g/mol. The molecule has 0 saturated heterocycles. The number of carbonyl (C=O) groups is 2. The lowest BCUT2D eigenvalue weighted by Gasteiger charge is -2.26. The molecule has 3 aromatic rings. The second-order valence-electron chi connectivity index (χ2n) is 8.90. The molecular weight excluding hydrogens is 538 g/mol. The summed E-state index contributed by atoms with van der Waals surface area (Å²) in [4.78, 5) is 28.4. The van der Waals surface area contributed by atoms with Gasteiger partial charge in [0.05, 0.1) is 53.7 Å². The number of para-hydroxylation sites is 1. The van der Waals surface area contributed by atoms with Crippen LogP contribution < -0.4 is 23.8 Å². The van der Waals surface area contributed by atoms with Crippen LogP contribution in [0.4, 0.5) is 5.69 Å². The summed E-state index contributed by atoms with van der Waals surface area (Å²) < 4.78 is 33.8. The third kappa shape index (κ3) is 5.95. The summed E-state index contributed by atoms with van der Waals surface area (Å²) in [6.45, 7) is 2.01. The largest absolute Gasteiger partial charge is 0.497 e. The van der Waals surface area contributed by atoms with Crippen LogP contribution >= 0.6 is 11.6 Å². The normalized spacial score (nSPS) is 16.6. The minimum atomic E-state index is -1.17. The first-order valence-electron chi connectivity index (χ1n) is 12.7. The van der Waals surface area contributed by atoms with Gasteiger partial charge >= 0.3 is 5.97 Å². The van der Waals surface area contributed by atoms with E-state index in [-0.39, 0.29) is 19.6 Å². The highest BCUT2D eigenvalue weighted by Crippen LogP contribution is 2.45. The van der Waals surface area contributed by atoms with Crippen molar-refractivity contribution in [2.75, 3.05) is 39.9 Å². The molecule has 0 bridgehead atoms. The molecule has 1 aliphatic rings. The number of hydrogen-bond acceptors (Lipinski definition) is 8. The first-order chi connectivity index (χ1) is 19.3. The maximum absolute atomic E-state index is 14.2. The van der Waals surface area contributed by atoms with Crippen molar-refractivity contribution in [1.29, 1.82) is 0 Å². The van der Waals surface area contributed by atoms with E-state index < -0.39 is 24.1 Å². The molecule has 0 aliphatic carbocycles. The molecular formula is C30H32ClNO8. The molecule has 3 aromatic carbocycles. The lowest BCUT2D eigenvalue weighted by molar-refractivity contribution is -0.151. The Balaban J connectivity index is 1.90. The highest BCUT2D eigenvalue weighted by atomic mass is 35.5. The summed E-state index contributed by atoms with van der Waals surface area (Å²) in [5.74, 6) is 1.12. The summed E-state index contributed by atoms with van der Waals surface area (Å²) >= 11 is 6.48. The van der Waals surface area contributed by atoms with Crippen LogP contribution in [0.15, 0.2) is 54.6 Å². The minimum Gasteiger partial charge on any atom is -0.497 e. The van der Waals surface area contributed by atoms with E-state index in [1.807, 2.05) is 12.1 Å². The van der Waals surface area contributed by atoms with Crippen molar-refractivity contribution in [2.24, 2.45) is 0 Å². The van der Waals surface area contributed by atoms with Gasteiger partial charge in [-0.05, 0) is 43.3 Å². The smallest absolute Gasteiger partial charge is 0.308 e. The Morgan fingerprint density at radius 3 is 2.38 bits per heavy atom. The van der Waals surface area contributed by atoms with Crippen molar-refractivity contribution in [3.05, 3.63) is 76.3 Å². The number of hydrogen-bond donors (Lipinski definition) is 0. The number of amides is 1. The first kappa shape index (κ1) is 29.0. The maximum Gasteiger partial charge on any atom is 0.308 e. The van der Waals surface area contributed by atoms with Gasteiger partial charge in [0.15, 0.2) is 11.5 Å². The molecule has 40 heavy (non-hydrogen) atoms. The lowest BCUT2D eigenvalue weighted by Crippen LogP contribution is -2.40. The molecule has 1 amide bonds. The number of ether oxygens (including phenoxy) is 6. The molecule has 9 nitrogen and oxygen atoms in total. The molecule has 0 N–H and O–H groups in total. The number of fused-ring (bicyclic) bond motifs is 1. The zero-order valence-electron chi connectivity index (χ0n) is 23.1. The van der Waals surface area contributed by atoms with Gasteiger partial charge in [0.25, 0.3) is 5.91 Å². The maximum atomic E-state index is 14.2. The van der Waals surface area contributed by atoms with Gasteiger partial charge in [-0.3, -0.25) is 9.59 Å². The number of esters is 1. The van der Waals surface area contributed by atoms with Crippen molar-refractivity contribution < 1.29 is 38.0 Å². The van der Waals surface area contributed by atoms with E-state index in [0.29, 0.717) is 44.8 Å². The van der Waals surface area contributed by atoms with Crippen molar-refractivity contribution in [1.82, 2.24) is 0 Å². The Morgan fingerprint density at radius 1 is 0.925 bits per heavy atom. The van der Waals surface area contributed by atoms with Crippen molar-refractivity contribution in [3.8, 4) is 23.0 Å². The van der Waals surface area contributed by atoms with Crippen LogP contribution in [-0.2, 0) is 25.6 Å². The zero-order chi connectivity index (χ0) is 28.8. The van der Waals surface area contributed by atoms with Gasteiger partial charge in [0.1, 0.15) is 23.7 Å². The molecule has 0 spiro atoms. The van der Waals surface area contributed by atoms with Gasteiger partial charge in [-0.2, -0.15) is 0 Å². The van der Waals surface area contributed by atoms with Crippen LogP contribution in [0, 0.1) is 0 Å². The van der Waals surface area contributed by atoms with Crippen LogP contribution in [0.5, 0.6) is 23.0 Å². The Kier molecular flexibility index (Phi) is 9.39. The topological polar surface area (TPSA) is 92.8 Å². The van der Waals surface area contributed by atoms with Crippen LogP contribution in [0.3, 0.4) is 0 Å². The van der Waals surface area contributed by atoms with Crippen LogP contribution in [0.1, 0.15) is 36.1 Å². The van der Waals surface area contributed by atoms with Gasteiger partial charge in [-0.25, -0.2) is 0 Å². The molecule has 0 aromatic heterocycles. The number of anilines is 1. The zero-order valence-corrected chi connectivity index (χ0v) is 23.8.